The van der Waals surface area contributed by atoms with Gasteiger partial charge in [-0.15, -0.1) is 0 Å². The van der Waals surface area contributed by atoms with Crippen molar-refractivity contribution in [3.8, 4) is 0 Å². The number of sulfonamides is 1. The van der Waals surface area contributed by atoms with Gasteiger partial charge in [0.15, 0.2) is 0 Å². The normalized spacial score (nSPS) is 17.3. The lowest BCUT2D eigenvalue weighted by molar-refractivity contribution is 0.0799. The first-order valence-electron chi connectivity index (χ1n) is 6.94. The van der Waals surface area contributed by atoms with Crippen LogP contribution < -0.4 is 10.0 Å². The zero-order chi connectivity index (χ0) is 14.6. The molecule has 0 bridgehead atoms. The average molecular weight is 302 g/mol. The molecule has 1 aromatic rings. The Labute approximate surface area is 119 Å². The Kier molecular flexibility index (Phi) is 5.20. The Morgan fingerprint density at radius 1 is 1.45 bits per heavy atom. The highest BCUT2D eigenvalue weighted by Crippen LogP contribution is 2.20. The molecule has 1 unspecified atom stereocenters. The van der Waals surface area contributed by atoms with Crippen LogP contribution in [0.1, 0.15) is 32.4 Å². The Morgan fingerprint density at radius 2 is 2.20 bits per heavy atom. The van der Waals surface area contributed by atoms with Crippen LogP contribution in [0.3, 0.4) is 0 Å². The second-order valence-corrected chi connectivity index (χ2v) is 6.69. The van der Waals surface area contributed by atoms with Crippen molar-refractivity contribution in [2.75, 3.05) is 13.2 Å². The summed E-state index contributed by atoms with van der Waals surface area (Å²) in [4.78, 5) is 0. The quantitative estimate of drug-likeness (QED) is 0.717. The Balaban J connectivity index is 1.87. The summed E-state index contributed by atoms with van der Waals surface area (Å²) in [6.07, 6.45) is 2.20. The third-order valence-electron chi connectivity index (χ3n) is 3.06. The fourth-order valence-corrected chi connectivity index (χ4v) is 2.83. The summed E-state index contributed by atoms with van der Waals surface area (Å²) in [6, 6.07) is 3.73. The fraction of sp³-hybridized carbons (Fsp3) is 0.692. The van der Waals surface area contributed by atoms with Crippen LogP contribution in [0.4, 0.5) is 0 Å². The maximum Gasteiger partial charge on any atom is 0.274 e. The van der Waals surface area contributed by atoms with Gasteiger partial charge >= 0.3 is 0 Å². The van der Waals surface area contributed by atoms with Crippen LogP contribution in [0.15, 0.2) is 21.6 Å². The van der Waals surface area contributed by atoms with Crippen LogP contribution in [0.5, 0.6) is 0 Å². The molecule has 1 heterocycles. The maximum atomic E-state index is 12.0. The predicted molar refractivity (Wildman–Crippen MR) is 74.8 cm³/mol. The molecule has 2 N–H and O–H groups in total. The van der Waals surface area contributed by atoms with Gasteiger partial charge in [-0.05, 0) is 38.8 Å². The van der Waals surface area contributed by atoms with E-state index in [-0.39, 0.29) is 17.7 Å². The summed E-state index contributed by atoms with van der Waals surface area (Å²) in [6.45, 7) is 5.04. The summed E-state index contributed by atoms with van der Waals surface area (Å²) in [5, 5.41) is 3.23. The van der Waals surface area contributed by atoms with E-state index in [2.05, 4.69) is 10.0 Å². The van der Waals surface area contributed by atoms with Crippen molar-refractivity contribution in [2.45, 2.75) is 50.5 Å². The number of rotatable bonds is 9. The number of furan rings is 1. The van der Waals surface area contributed by atoms with E-state index in [1.165, 1.54) is 18.9 Å². The standard InChI is InChI=1S/C13H22N2O4S/c1-3-18-10(2)8-15-20(16,17)13-7-6-12(19-13)9-14-11-4-5-11/h6-7,10-11,14-15H,3-5,8-9H2,1-2H3. The minimum Gasteiger partial charge on any atom is -0.447 e. The Morgan fingerprint density at radius 3 is 2.85 bits per heavy atom. The van der Waals surface area contributed by atoms with Gasteiger partial charge in [0.05, 0.1) is 12.6 Å². The lowest BCUT2D eigenvalue weighted by atomic mass is 10.4. The van der Waals surface area contributed by atoms with Crippen LogP contribution in [-0.2, 0) is 21.3 Å². The van der Waals surface area contributed by atoms with Crippen molar-refractivity contribution >= 4 is 10.0 Å². The molecule has 114 valence electrons. The molecule has 1 aliphatic carbocycles. The molecule has 0 radical (unpaired) electrons. The first-order chi connectivity index (χ1) is 9.51. The molecule has 0 spiro atoms. The second-order valence-electron chi connectivity index (χ2n) is 4.99. The summed E-state index contributed by atoms with van der Waals surface area (Å²) >= 11 is 0. The van der Waals surface area contributed by atoms with E-state index in [1.54, 1.807) is 6.07 Å². The lowest BCUT2D eigenvalue weighted by Crippen LogP contribution is -2.32. The number of ether oxygens (including phenoxy) is 1. The molecule has 1 aliphatic rings. The molecule has 7 heteroatoms. The first-order valence-corrected chi connectivity index (χ1v) is 8.43. The van der Waals surface area contributed by atoms with E-state index in [0.29, 0.717) is 25.0 Å². The second kappa shape index (κ2) is 6.71. The van der Waals surface area contributed by atoms with Crippen molar-refractivity contribution in [3.63, 3.8) is 0 Å². The number of hydrogen-bond acceptors (Lipinski definition) is 5. The van der Waals surface area contributed by atoms with Gasteiger partial charge in [0.25, 0.3) is 10.0 Å². The van der Waals surface area contributed by atoms with Crippen LogP contribution >= 0.6 is 0 Å². The van der Waals surface area contributed by atoms with Gasteiger partial charge in [-0.3, -0.25) is 0 Å². The Bertz CT molecular complexity index is 522. The molecule has 0 aromatic carbocycles. The van der Waals surface area contributed by atoms with Crippen molar-refractivity contribution in [2.24, 2.45) is 0 Å². The van der Waals surface area contributed by atoms with Gasteiger partial charge in [-0.2, -0.15) is 0 Å². The van der Waals surface area contributed by atoms with Crippen LogP contribution in [0.2, 0.25) is 0 Å². The molecular formula is C13H22N2O4S. The highest BCUT2D eigenvalue weighted by Gasteiger charge is 2.22. The van der Waals surface area contributed by atoms with Gasteiger partial charge in [-0.25, -0.2) is 13.1 Å². The summed E-state index contributed by atoms with van der Waals surface area (Å²) in [7, 11) is -3.60. The van der Waals surface area contributed by atoms with E-state index < -0.39 is 10.0 Å². The van der Waals surface area contributed by atoms with Crippen molar-refractivity contribution in [1.29, 1.82) is 0 Å². The minimum absolute atomic E-state index is 0.0474. The van der Waals surface area contributed by atoms with Crippen molar-refractivity contribution in [1.82, 2.24) is 10.0 Å². The van der Waals surface area contributed by atoms with Crippen LogP contribution in [0, 0.1) is 0 Å². The molecule has 1 aromatic heterocycles. The van der Waals surface area contributed by atoms with Gasteiger partial charge < -0.3 is 14.5 Å². The summed E-state index contributed by atoms with van der Waals surface area (Å²) in [5.41, 5.74) is 0. The highest BCUT2D eigenvalue weighted by atomic mass is 32.2. The monoisotopic (exact) mass is 302 g/mol. The highest BCUT2D eigenvalue weighted by molar-refractivity contribution is 7.89. The summed E-state index contributed by atoms with van der Waals surface area (Å²) < 4.78 is 37.2. The molecule has 0 amide bonds. The zero-order valence-corrected chi connectivity index (χ0v) is 12.7. The third-order valence-corrected chi connectivity index (χ3v) is 4.35. The first kappa shape index (κ1) is 15.5. The van der Waals surface area contributed by atoms with E-state index in [9.17, 15) is 8.42 Å². The SMILES string of the molecule is CCOC(C)CNS(=O)(=O)c1ccc(CNC2CC2)o1. The predicted octanol–water partition coefficient (Wildman–Crippen LogP) is 1.23. The fourth-order valence-electron chi connectivity index (χ4n) is 1.77. The molecular weight excluding hydrogens is 280 g/mol. The summed E-state index contributed by atoms with van der Waals surface area (Å²) in [5.74, 6) is 0.634. The van der Waals surface area contributed by atoms with Gasteiger partial charge in [-0.1, -0.05) is 0 Å². The molecule has 1 saturated carbocycles. The zero-order valence-electron chi connectivity index (χ0n) is 11.9. The van der Waals surface area contributed by atoms with E-state index in [1.807, 2.05) is 13.8 Å². The molecule has 1 atom stereocenters. The molecule has 1 fully saturated rings. The van der Waals surface area contributed by atoms with Gasteiger partial charge in [0, 0.05) is 19.2 Å². The van der Waals surface area contributed by atoms with E-state index >= 15 is 0 Å². The van der Waals surface area contributed by atoms with Crippen molar-refractivity contribution in [3.05, 3.63) is 17.9 Å². The topological polar surface area (TPSA) is 80.6 Å². The average Bonchev–Trinajstić information content (AvgIpc) is 3.11. The number of hydrogen-bond donors (Lipinski definition) is 2. The van der Waals surface area contributed by atoms with Crippen LogP contribution in [0.25, 0.3) is 0 Å². The Hall–Kier alpha value is -0.890. The van der Waals surface area contributed by atoms with E-state index in [4.69, 9.17) is 9.15 Å². The largest absolute Gasteiger partial charge is 0.447 e. The molecule has 6 nitrogen and oxygen atoms in total. The van der Waals surface area contributed by atoms with E-state index in [0.717, 1.165) is 0 Å². The smallest absolute Gasteiger partial charge is 0.274 e. The van der Waals surface area contributed by atoms with Crippen molar-refractivity contribution < 1.29 is 17.6 Å². The van der Waals surface area contributed by atoms with Gasteiger partial charge in [0.2, 0.25) is 5.09 Å². The molecule has 0 aliphatic heterocycles. The molecule has 20 heavy (non-hydrogen) atoms. The molecule has 2 rings (SSSR count). The maximum absolute atomic E-state index is 12.0. The lowest BCUT2D eigenvalue weighted by Gasteiger charge is -2.11. The van der Waals surface area contributed by atoms with Crippen LogP contribution in [-0.4, -0.2) is 33.7 Å². The number of nitrogens with one attached hydrogen (secondary N) is 2. The minimum atomic E-state index is -3.60. The van der Waals surface area contributed by atoms with Gasteiger partial charge in [0.1, 0.15) is 5.76 Å². The third kappa shape index (κ3) is 4.59. The molecule has 0 saturated heterocycles.